The Bertz CT molecular complexity index is 384. The zero-order chi connectivity index (χ0) is 10.1. The van der Waals surface area contributed by atoms with Gasteiger partial charge in [0.15, 0.2) is 18.1 Å². The minimum Gasteiger partial charge on any atom is -0.493 e. The number of esters is 1. The summed E-state index contributed by atoms with van der Waals surface area (Å²) in [5.74, 6) is 0.750. The Hall–Kier alpha value is -1.71. The lowest BCUT2D eigenvalue weighted by Gasteiger charge is -2.07. The summed E-state index contributed by atoms with van der Waals surface area (Å²) in [6, 6.07) is 3.32. The van der Waals surface area contributed by atoms with E-state index in [9.17, 15) is 4.79 Å². The fourth-order valence-electron chi connectivity index (χ4n) is 1.35. The van der Waals surface area contributed by atoms with Gasteiger partial charge < -0.3 is 14.2 Å². The highest BCUT2D eigenvalue weighted by atomic mass is 16.5. The molecule has 0 atom stereocenters. The van der Waals surface area contributed by atoms with Crippen LogP contribution in [0.25, 0.3) is 0 Å². The molecule has 73 valence electrons. The smallest absolute Gasteiger partial charge is 0.339 e. The molecule has 0 bridgehead atoms. The van der Waals surface area contributed by atoms with Crippen LogP contribution in [0.15, 0.2) is 12.1 Å². The number of carbonyl (C=O) groups excluding carboxylic acids is 1. The second-order valence-electron chi connectivity index (χ2n) is 2.82. The normalized spacial score (nSPS) is 13.4. The SMILES string of the molecule is COc1cc2c(cc1OC)C(=O)O[CH]2. The Morgan fingerprint density at radius 3 is 2.43 bits per heavy atom. The Balaban J connectivity index is 2.54. The van der Waals surface area contributed by atoms with Gasteiger partial charge in [0.2, 0.25) is 0 Å². The van der Waals surface area contributed by atoms with E-state index in [2.05, 4.69) is 0 Å². The van der Waals surface area contributed by atoms with E-state index in [-0.39, 0.29) is 5.97 Å². The first kappa shape index (κ1) is 8.87. The molecule has 2 rings (SSSR count). The van der Waals surface area contributed by atoms with E-state index >= 15 is 0 Å². The van der Waals surface area contributed by atoms with Crippen molar-refractivity contribution in [1.82, 2.24) is 0 Å². The predicted octanol–water partition coefficient (Wildman–Crippen LogP) is 1.38. The zero-order valence-electron chi connectivity index (χ0n) is 7.87. The number of carbonyl (C=O) groups is 1. The van der Waals surface area contributed by atoms with E-state index in [0.717, 1.165) is 0 Å². The maximum absolute atomic E-state index is 11.2. The van der Waals surface area contributed by atoms with Crippen LogP contribution in [0, 0.1) is 6.61 Å². The molecule has 0 amide bonds. The number of ether oxygens (including phenoxy) is 3. The van der Waals surface area contributed by atoms with Crippen molar-refractivity contribution in [2.75, 3.05) is 14.2 Å². The molecule has 4 nitrogen and oxygen atoms in total. The van der Waals surface area contributed by atoms with E-state index in [4.69, 9.17) is 14.2 Å². The molecule has 1 aliphatic heterocycles. The first-order valence-electron chi connectivity index (χ1n) is 4.06. The van der Waals surface area contributed by atoms with Gasteiger partial charge in [0.25, 0.3) is 0 Å². The van der Waals surface area contributed by atoms with Crippen molar-refractivity contribution >= 4 is 5.97 Å². The lowest BCUT2D eigenvalue weighted by Crippen LogP contribution is -1.96. The summed E-state index contributed by atoms with van der Waals surface area (Å²) in [4.78, 5) is 11.2. The Labute approximate surface area is 81.4 Å². The van der Waals surface area contributed by atoms with Crippen molar-refractivity contribution < 1.29 is 19.0 Å². The van der Waals surface area contributed by atoms with Gasteiger partial charge in [-0.2, -0.15) is 0 Å². The van der Waals surface area contributed by atoms with Crippen LogP contribution in [0.3, 0.4) is 0 Å². The van der Waals surface area contributed by atoms with Crippen molar-refractivity contribution in [3.05, 3.63) is 29.9 Å². The molecular formula is C10H9O4. The van der Waals surface area contributed by atoms with Crippen LogP contribution in [0.4, 0.5) is 0 Å². The highest BCUT2D eigenvalue weighted by molar-refractivity contribution is 5.95. The number of fused-ring (bicyclic) bond motifs is 1. The molecular weight excluding hydrogens is 184 g/mol. The molecule has 4 heteroatoms. The molecule has 1 heterocycles. The Morgan fingerprint density at radius 1 is 1.14 bits per heavy atom. The summed E-state index contributed by atoms with van der Waals surface area (Å²) in [6.45, 7) is 1.40. The molecule has 1 radical (unpaired) electrons. The molecule has 14 heavy (non-hydrogen) atoms. The van der Waals surface area contributed by atoms with Gasteiger partial charge in [0.1, 0.15) is 0 Å². The predicted molar refractivity (Wildman–Crippen MR) is 48.4 cm³/mol. The minimum atomic E-state index is -0.360. The monoisotopic (exact) mass is 193 g/mol. The van der Waals surface area contributed by atoms with Crippen LogP contribution < -0.4 is 9.47 Å². The van der Waals surface area contributed by atoms with Gasteiger partial charge in [0.05, 0.1) is 19.8 Å². The van der Waals surface area contributed by atoms with Gasteiger partial charge in [-0.25, -0.2) is 4.79 Å². The maximum Gasteiger partial charge on any atom is 0.339 e. The van der Waals surface area contributed by atoms with Crippen molar-refractivity contribution in [3.63, 3.8) is 0 Å². The molecule has 0 aromatic heterocycles. The van der Waals surface area contributed by atoms with Gasteiger partial charge >= 0.3 is 5.97 Å². The molecule has 1 aromatic rings. The Kier molecular flexibility index (Phi) is 2.04. The first-order chi connectivity index (χ1) is 6.76. The molecule has 1 aliphatic rings. The number of benzene rings is 1. The number of cyclic esters (lactones) is 1. The molecule has 0 spiro atoms. The maximum atomic E-state index is 11.2. The summed E-state index contributed by atoms with van der Waals surface area (Å²) < 4.78 is 14.9. The highest BCUT2D eigenvalue weighted by Gasteiger charge is 2.24. The van der Waals surface area contributed by atoms with Crippen molar-refractivity contribution in [2.45, 2.75) is 0 Å². The van der Waals surface area contributed by atoms with Crippen molar-refractivity contribution in [3.8, 4) is 11.5 Å². The van der Waals surface area contributed by atoms with Gasteiger partial charge in [-0.05, 0) is 12.1 Å². The van der Waals surface area contributed by atoms with Crippen molar-refractivity contribution in [2.24, 2.45) is 0 Å². The molecule has 0 fully saturated rings. The van der Waals surface area contributed by atoms with Crippen LogP contribution in [-0.2, 0) is 4.74 Å². The molecule has 1 aromatic carbocycles. The summed E-state index contributed by atoms with van der Waals surface area (Å²) in [5, 5.41) is 0. The zero-order valence-corrected chi connectivity index (χ0v) is 7.87. The quantitative estimate of drug-likeness (QED) is 0.665. The molecule has 0 aliphatic carbocycles. The largest absolute Gasteiger partial charge is 0.493 e. The number of rotatable bonds is 2. The Morgan fingerprint density at radius 2 is 1.79 bits per heavy atom. The molecule has 0 saturated heterocycles. The third-order valence-corrected chi connectivity index (χ3v) is 2.07. The summed E-state index contributed by atoms with van der Waals surface area (Å²) in [5.41, 5.74) is 1.22. The third-order valence-electron chi connectivity index (χ3n) is 2.07. The fourth-order valence-corrected chi connectivity index (χ4v) is 1.35. The molecule has 0 unspecified atom stereocenters. The second kappa shape index (κ2) is 3.21. The van der Waals surface area contributed by atoms with Crippen LogP contribution in [0.5, 0.6) is 11.5 Å². The van der Waals surface area contributed by atoms with Crippen LogP contribution in [0.2, 0.25) is 0 Å². The number of methoxy groups -OCH3 is 2. The first-order valence-corrected chi connectivity index (χ1v) is 4.06. The summed E-state index contributed by atoms with van der Waals surface area (Å²) >= 11 is 0. The number of hydrogen-bond donors (Lipinski definition) is 0. The minimum absolute atomic E-state index is 0.360. The van der Waals surface area contributed by atoms with Crippen LogP contribution in [0.1, 0.15) is 15.9 Å². The van der Waals surface area contributed by atoms with Crippen LogP contribution in [-0.4, -0.2) is 20.2 Å². The number of hydrogen-bond acceptors (Lipinski definition) is 4. The lowest BCUT2D eigenvalue weighted by molar-refractivity contribution is 0.0657. The van der Waals surface area contributed by atoms with E-state index < -0.39 is 0 Å². The van der Waals surface area contributed by atoms with E-state index in [0.29, 0.717) is 22.6 Å². The third kappa shape index (κ3) is 1.19. The standard InChI is InChI=1S/C10H9O4/c1-12-8-3-6-5-14-10(11)7(6)4-9(8)13-2/h3-5H,1-2H3. The van der Waals surface area contributed by atoms with Crippen molar-refractivity contribution in [1.29, 1.82) is 0 Å². The average molecular weight is 193 g/mol. The highest BCUT2D eigenvalue weighted by Crippen LogP contribution is 2.34. The van der Waals surface area contributed by atoms with E-state index in [1.54, 1.807) is 19.2 Å². The van der Waals surface area contributed by atoms with E-state index in [1.165, 1.54) is 13.7 Å². The van der Waals surface area contributed by atoms with Crippen LogP contribution >= 0.6 is 0 Å². The summed E-state index contributed by atoms with van der Waals surface area (Å²) in [6.07, 6.45) is 0. The van der Waals surface area contributed by atoms with Gasteiger partial charge in [-0.15, -0.1) is 0 Å². The average Bonchev–Trinajstić information content (AvgIpc) is 2.58. The fraction of sp³-hybridized carbons (Fsp3) is 0.200. The van der Waals surface area contributed by atoms with Gasteiger partial charge in [-0.3, -0.25) is 0 Å². The second-order valence-corrected chi connectivity index (χ2v) is 2.82. The molecule has 0 N–H and O–H groups in total. The van der Waals surface area contributed by atoms with Gasteiger partial charge in [-0.1, -0.05) is 0 Å². The summed E-state index contributed by atoms with van der Waals surface area (Å²) in [7, 11) is 3.07. The van der Waals surface area contributed by atoms with E-state index in [1.807, 2.05) is 0 Å². The lowest BCUT2D eigenvalue weighted by atomic mass is 10.1. The topological polar surface area (TPSA) is 44.8 Å². The molecule has 0 saturated carbocycles. The van der Waals surface area contributed by atoms with Gasteiger partial charge in [0, 0.05) is 5.56 Å².